The van der Waals surface area contributed by atoms with Gasteiger partial charge in [0.1, 0.15) is 5.75 Å². The van der Waals surface area contributed by atoms with E-state index < -0.39 is 0 Å². The molecule has 0 spiro atoms. The van der Waals surface area contributed by atoms with E-state index in [9.17, 15) is 9.90 Å². The molecular formula is C20H31N3O2. The minimum absolute atomic E-state index is 0.0731. The Kier molecular flexibility index (Phi) is 5.84. The van der Waals surface area contributed by atoms with Gasteiger partial charge in [-0.1, -0.05) is 19.8 Å². The van der Waals surface area contributed by atoms with Gasteiger partial charge in [-0.05, 0) is 49.9 Å². The molecule has 1 aliphatic heterocycles. The lowest BCUT2D eigenvalue weighted by molar-refractivity contribution is -0.127. The number of phenols is 1. The first kappa shape index (κ1) is 18.1. The first-order chi connectivity index (χ1) is 12.0. The molecule has 0 aromatic heterocycles. The van der Waals surface area contributed by atoms with E-state index in [2.05, 4.69) is 22.0 Å². The van der Waals surface area contributed by atoms with Crippen molar-refractivity contribution in [1.82, 2.24) is 10.2 Å². The van der Waals surface area contributed by atoms with Gasteiger partial charge in [0, 0.05) is 37.9 Å². The molecule has 3 atom stereocenters. The second kappa shape index (κ2) is 8.09. The van der Waals surface area contributed by atoms with Gasteiger partial charge in [0.05, 0.1) is 6.04 Å². The number of benzene rings is 1. The zero-order chi connectivity index (χ0) is 17.8. The molecule has 138 valence electrons. The van der Waals surface area contributed by atoms with Crippen LogP contribution in [-0.4, -0.2) is 54.2 Å². The summed E-state index contributed by atoms with van der Waals surface area (Å²) in [6.45, 7) is 7.86. The first-order valence-electron chi connectivity index (χ1n) is 9.63. The highest BCUT2D eigenvalue weighted by Crippen LogP contribution is 2.24. The van der Waals surface area contributed by atoms with Crippen molar-refractivity contribution >= 4 is 11.6 Å². The van der Waals surface area contributed by atoms with Crippen LogP contribution in [0, 0.1) is 5.92 Å². The van der Waals surface area contributed by atoms with Crippen molar-refractivity contribution in [2.75, 3.05) is 31.1 Å². The minimum atomic E-state index is -0.0731. The monoisotopic (exact) mass is 345 g/mol. The van der Waals surface area contributed by atoms with Crippen LogP contribution in [0.15, 0.2) is 24.3 Å². The lowest BCUT2D eigenvalue weighted by Crippen LogP contribution is -2.55. The fourth-order valence-corrected chi connectivity index (χ4v) is 4.03. The summed E-state index contributed by atoms with van der Waals surface area (Å²) >= 11 is 0. The van der Waals surface area contributed by atoms with Crippen LogP contribution in [0.3, 0.4) is 0 Å². The molecule has 25 heavy (non-hydrogen) atoms. The van der Waals surface area contributed by atoms with Gasteiger partial charge in [-0.3, -0.25) is 9.69 Å². The van der Waals surface area contributed by atoms with Crippen LogP contribution in [0.1, 0.15) is 39.5 Å². The molecule has 1 saturated heterocycles. The molecule has 2 aliphatic rings. The lowest BCUT2D eigenvalue weighted by atomic mass is 9.86. The highest BCUT2D eigenvalue weighted by Gasteiger charge is 2.29. The molecule has 1 saturated carbocycles. The fourth-order valence-electron chi connectivity index (χ4n) is 4.03. The van der Waals surface area contributed by atoms with Gasteiger partial charge >= 0.3 is 0 Å². The summed E-state index contributed by atoms with van der Waals surface area (Å²) in [5.41, 5.74) is 1.13. The number of anilines is 1. The number of carbonyl (C=O) groups is 1. The van der Waals surface area contributed by atoms with Crippen molar-refractivity contribution in [3.05, 3.63) is 24.3 Å². The zero-order valence-electron chi connectivity index (χ0n) is 15.4. The molecule has 0 radical (unpaired) electrons. The average Bonchev–Trinajstić information content (AvgIpc) is 2.64. The smallest absolute Gasteiger partial charge is 0.237 e. The van der Waals surface area contributed by atoms with Crippen LogP contribution in [0.2, 0.25) is 0 Å². The number of aromatic hydroxyl groups is 1. The van der Waals surface area contributed by atoms with E-state index >= 15 is 0 Å². The molecule has 5 nitrogen and oxygen atoms in total. The molecule has 0 unspecified atom stereocenters. The second-order valence-corrected chi connectivity index (χ2v) is 7.59. The van der Waals surface area contributed by atoms with Gasteiger partial charge in [0.25, 0.3) is 0 Å². The molecular weight excluding hydrogens is 314 g/mol. The molecule has 0 bridgehead atoms. The lowest BCUT2D eigenvalue weighted by Gasteiger charge is -2.39. The van der Waals surface area contributed by atoms with Gasteiger partial charge in [-0.25, -0.2) is 0 Å². The second-order valence-electron chi connectivity index (χ2n) is 7.59. The van der Waals surface area contributed by atoms with E-state index in [-0.39, 0.29) is 11.9 Å². The third-order valence-electron chi connectivity index (χ3n) is 5.90. The van der Waals surface area contributed by atoms with E-state index in [1.165, 1.54) is 19.3 Å². The molecule has 2 fully saturated rings. The van der Waals surface area contributed by atoms with Crippen molar-refractivity contribution in [3.8, 4) is 5.75 Å². The van der Waals surface area contributed by atoms with Crippen molar-refractivity contribution in [3.63, 3.8) is 0 Å². The minimum Gasteiger partial charge on any atom is -0.508 e. The number of carbonyl (C=O) groups excluding carboxylic acids is 1. The maximum Gasteiger partial charge on any atom is 0.237 e. The summed E-state index contributed by atoms with van der Waals surface area (Å²) in [5.74, 6) is 1.07. The molecule has 1 aromatic rings. The highest BCUT2D eigenvalue weighted by atomic mass is 16.3. The topological polar surface area (TPSA) is 55.8 Å². The Labute approximate surface area is 151 Å². The van der Waals surface area contributed by atoms with Crippen molar-refractivity contribution < 1.29 is 9.90 Å². The number of piperazine rings is 1. The third-order valence-corrected chi connectivity index (χ3v) is 5.90. The number of amides is 1. The Balaban J connectivity index is 1.49. The number of phenolic OH excluding ortho intramolecular Hbond substituents is 1. The quantitative estimate of drug-likeness (QED) is 0.881. The molecule has 3 rings (SSSR count). The van der Waals surface area contributed by atoms with E-state index in [0.29, 0.717) is 17.7 Å². The van der Waals surface area contributed by atoms with Crippen LogP contribution in [0.4, 0.5) is 5.69 Å². The summed E-state index contributed by atoms with van der Waals surface area (Å²) in [4.78, 5) is 17.2. The Morgan fingerprint density at radius 2 is 1.76 bits per heavy atom. The molecule has 5 heteroatoms. The summed E-state index contributed by atoms with van der Waals surface area (Å²) in [7, 11) is 0. The Morgan fingerprint density at radius 1 is 1.12 bits per heavy atom. The fraction of sp³-hybridized carbons (Fsp3) is 0.650. The highest BCUT2D eigenvalue weighted by molar-refractivity contribution is 5.81. The summed E-state index contributed by atoms with van der Waals surface area (Å²) in [6.07, 6.45) is 4.87. The van der Waals surface area contributed by atoms with Gasteiger partial charge in [0.2, 0.25) is 5.91 Å². The summed E-state index contributed by atoms with van der Waals surface area (Å²) in [5, 5.41) is 12.7. The van der Waals surface area contributed by atoms with E-state index in [1.807, 2.05) is 19.1 Å². The molecule has 1 heterocycles. The van der Waals surface area contributed by atoms with Crippen LogP contribution < -0.4 is 10.2 Å². The zero-order valence-corrected chi connectivity index (χ0v) is 15.4. The number of nitrogens with zero attached hydrogens (tertiary/aromatic N) is 2. The van der Waals surface area contributed by atoms with Gasteiger partial charge in [0.15, 0.2) is 0 Å². The maximum absolute atomic E-state index is 12.7. The van der Waals surface area contributed by atoms with E-state index in [4.69, 9.17) is 0 Å². The van der Waals surface area contributed by atoms with Crippen molar-refractivity contribution in [2.24, 2.45) is 5.92 Å². The largest absolute Gasteiger partial charge is 0.508 e. The molecule has 1 aromatic carbocycles. The van der Waals surface area contributed by atoms with Crippen LogP contribution in [0.5, 0.6) is 5.75 Å². The first-order valence-corrected chi connectivity index (χ1v) is 9.63. The number of hydrogen-bond donors (Lipinski definition) is 2. The van der Waals surface area contributed by atoms with E-state index in [0.717, 1.165) is 38.3 Å². The van der Waals surface area contributed by atoms with Gasteiger partial charge < -0.3 is 15.3 Å². The predicted molar refractivity (Wildman–Crippen MR) is 101 cm³/mol. The molecule has 1 amide bonds. The van der Waals surface area contributed by atoms with E-state index in [1.54, 1.807) is 12.1 Å². The number of nitrogens with one attached hydrogen (secondary N) is 1. The van der Waals surface area contributed by atoms with Crippen molar-refractivity contribution in [2.45, 2.75) is 51.6 Å². The van der Waals surface area contributed by atoms with Crippen LogP contribution >= 0.6 is 0 Å². The normalized spacial score (nSPS) is 26.2. The van der Waals surface area contributed by atoms with Crippen LogP contribution in [-0.2, 0) is 4.79 Å². The Morgan fingerprint density at radius 3 is 2.40 bits per heavy atom. The van der Waals surface area contributed by atoms with Crippen molar-refractivity contribution in [1.29, 1.82) is 0 Å². The van der Waals surface area contributed by atoms with Crippen LogP contribution in [0.25, 0.3) is 0 Å². The Bertz CT molecular complexity index is 567. The predicted octanol–water partition coefficient (Wildman–Crippen LogP) is 2.60. The Hall–Kier alpha value is -1.75. The number of hydrogen-bond acceptors (Lipinski definition) is 4. The number of rotatable bonds is 4. The SMILES string of the molecule is C[C@@H]1CCCC[C@H]1NC(=O)[C@@H](C)N1CCN(c2ccc(O)cc2)CC1. The van der Waals surface area contributed by atoms with Gasteiger partial charge in [-0.2, -0.15) is 0 Å². The summed E-state index contributed by atoms with van der Waals surface area (Å²) < 4.78 is 0. The van der Waals surface area contributed by atoms with Gasteiger partial charge in [-0.15, -0.1) is 0 Å². The maximum atomic E-state index is 12.7. The molecule has 1 aliphatic carbocycles. The average molecular weight is 345 g/mol. The molecule has 2 N–H and O–H groups in total. The summed E-state index contributed by atoms with van der Waals surface area (Å²) in [6, 6.07) is 7.63. The standard InChI is InChI=1S/C20H31N3O2/c1-15-5-3-4-6-19(15)21-20(25)16(2)22-11-13-23(14-12-22)17-7-9-18(24)10-8-17/h7-10,15-16,19,24H,3-6,11-14H2,1-2H3,(H,21,25)/t15-,16-,19-/m1/s1. The third kappa shape index (κ3) is 4.46.